The zero-order chi connectivity index (χ0) is 15.1. The van der Waals surface area contributed by atoms with E-state index in [-0.39, 0.29) is 0 Å². The fraction of sp³-hybridized carbons (Fsp3) is 0.833. The van der Waals surface area contributed by atoms with Gasteiger partial charge in [-0.3, -0.25) is 0 Å². The molecular formula is C18H33N3. The van der Waals surface area contributed by atoms with Crippen molar-refractivity contribution in [3.63, 3.8) is 0 Å². The summed E-state index contributed by atoms with van der Waals surface area (Å²) in [6.07, 6.45) is 13.5. The minimum absolute atomic E-state index is 0.873. The Morgan fingerprint density at radius 2 is 2.10 bits per heavy atom. The highest BCUT2D eigenvalue weighted by Gasteiger charge is 2.29. The lowest BCUT2D eigenvalue weighted by Crippen LogP contribution is -2.33. The lowest BCUT2D eigenvalue weighted by atomic mass is 9.71. The molecule has 1 aromatic heterocycles. The Hall–Kier alpha value is -0.830. The molecule has 1 fully saturated rings. The summed E-state index contributed by atoms with van der Waals surface area (Å²) in [6.45, 7) is 6.85. The Kier molecular flexibility index (Phi) is 6.75. The van der Waals surface area contributed by atoms with Crippen molar-refractivity contribution < 1.29 is 0 Å². The molecule has 3 unspecified atom stereocenters. The molecule has 0 bridgehead atoms. The Labute approximate surface area is 130 Å². The second-order valence-corrected chi connectivity index (χ2v) is 6.79. The van der Waals surface area contributed by atoms with Crippen LogP contribution in [0.5, 0.6) is 0 Å². The van der Waals surface area contributed by atoms with Crippen LogP contribution in [0, 0.1) is 17.8 Å². The molecule has 0 saturated heterocycles. The highest BCUT2D eigenvalue weighted by molar-refractivity contribution is 4.93. The molecule has 3 atom stereocenters. The van der Waals surface area contributed by atoms with Crippen LogP contribution in [0.2, 0.25) is 0 Å². The van der Waals surface area contributed by atoms with Gasteiger partial charge in [-0.05, 0) is 50.1 Å². The van der Waals surface area contributed by atoms with E-state index in [0.717, 1.165) is 30.7 Å². The van der Waals surface area contributed by atoms with Crippen LogP contribution in [-0.4, -0.2) is 22.6 Å². The number of rotatable bonds is 8. The smallest absolute Gasteiger partial charge is 0.108 e. The molecule has 0 spiro atoms. The Morgan fingerprint density at radius 1 is 1.24 bits per heavy atom. The topological polar surface area (TPSA) is 29.9 Å². The summed E-state index contributed by atoms with van der Waals surface area (Å²) in [6, 6.07) is 0. The van der Waals surface area contributed by atoms with Crippen LogP contribution in [0.1, 0.15) is 58.2 Å². The SMILES string of the molecule is CCCC1CCC(CNCC)C(CCc2nccn2C)C1. The van der Waals surface area contributed by atoms with Crippen molar-refractivity contribution in [3.8, 4) is 0 Å². The number of imidazole rings is 1. The molecule has 1 N–H and O–H groups in total. The molecule has 0 aromatic carbocycles. The summed E-state index contributed by atoms with van der Waals surface area (Å²) in [4.78, 5) is 4.49. The number of hydrogen-bond acceptors (Lipinski definition) is 2. The van der Waals surface area contributed by atoms with Crippen LogP contribution in [0.4, 0.5) is 0 Å². The predicted octanol–water partition coefficient (Wildman–Crippen LogP) is 3.79. The summed E-state index contributed by atoms with van der Waals surface area (Å²) in [5.41, 5.74) is 0. The summed E-state index contributed by atoms with van der Waals surface area (Å²) in [5, 5.41) is 3.58. The molecule has 1 saturated carbocycles. The quantitative estimate of drug-likeness (QED) is 0.789. The van der Waals surface area contributed by atoms with Gasteiger partial charge in [0.15, 0.2) is 0 Å². The maximum Gasteiger partial charge on any atom is 0.108 e. The summed E-state index contributed by atoms with van der Waals surface area (Å²) < 4.78 is 2.17. The van der Waals surface area contributed by atoms with E-state index >= 15 is 0 Å². The number of aryl methyl sites for hydroxylation is 2. The first-order chi connectivity index (χ1) is 10.2. The number of nitrogens with one attached hydrogen (secondary N) is 1. The van der Waals surface area contributed by atoms with Crippen molar-refractivity contribution >= 4 is 0 Å². The third-order valence-electron chi connectivity index (χ3n) is 5.26. The van der Waals surface area contributed by atoms with Gasteiger partial charge in [-0.1, -0.05) is 33.1 Å². The van der Waals surface area contributed by atoms with E-state index in [1.54, 1.807) is 0 Å². The Morgan fingerprint density at radius 3 is 2.76 bits per heavy atom. The third-order valence-corrected chi connectivity index (χ3v) is 5.26. The lowest BCUT2D eigenvalue weighted by Gasteiger charge is -2.36. The van der Waals surface area contributed by atoms with Gasteiger partial charge in [-0.25, -0.2) is 4.98 Å². The first kappa shape index (κ1) is 16.5. The highest BCUT2D eigenvalue weighted by Crippen LogP contribution is 2.38. The van der Waals surface area contributed by atoms with E-state index in [1.807, 2.05) is 6.20 Å². The van der Waals surface area contributed by atoms with Crippen LogP contribution < -0.4 is 5.32 Å². The largest absolute Gasteiger partial charge is 0.338 e. The van der Waals surface area contributed by atoms with Gasteiger partial charge in [0.05, 0.1) is 0 Å². The van der Waals surface area contributed by atoms with Crippen molar-refractivity contribution in [2.75, 3.05) is 13.1 Å². The van der Waals surface area contributed by atoms with Crippen LogP contribution in [0.25, 0.3) is 0 Å². The van der Waals surface area contributed by atoms with Gasteiger partial charge in [-0.15, -0.1) is 0 Å². The minimum Gasteiger partial charge on any atom is -0.338 e. The van der Waals surface area contributed by atoms with Gasteiger partial charge in [-0.2, -0.15) is 0 Å². The normalized spacial score (nSPS) is 26.1. The molecular weight excluding hydrogens is 258 g/mol. The monoisotopic (exact) mass is 291 g/mol. The average molecular weight is 291 g/mol. The molecule has 3 heteroatoms. The predicted molar refractivity (Wildman–Crippen MR) is 89.3 cm³/mol. The molecule has 3 nitrogen and oxygen atoms in total. The molecule has 0 amide bonds. The van der Waals surface area contributed by atoms with E-state index < -0.39 is 0 Å². The second kappa shape index (κ2) is 8.57. The van der Waals surface area contributed by atoms with Crippen LogP contribution in [0.15, 0.2) is 12.4 Å². The van der Waals surface area contributed by atoms with Gasteiger partial charge in [0.25, 0.3) is 0 Å². The van der Waals surface area contributed by atoms with Crippen LogP contribution in [-0.2, 0) is 13.5 Å². The second-order valence-electron chi connectivity index (χ2n) is 6.79. The van der Waals surface area contributed by atoms with E-state index in [1.165, 1.54) is 50.9 Å². The van der Waals surface area contributed by atoms with Gasteiger partial charge in [0, 0.05) is 25.9 Å². The van der Waals surface area contributed by atoms with Gasteiger partial charge >= 0.3 is 0 Å². The molecule has 1 aliphatic rings. The van der Waals surface area contributed by atoms with Gasteiger partial charge in [0.1, 0.15) is 5.82 Å². The fourth-order valence-corrected chi connectivity index (χ4v) is 4.00. The van der Waals surface area contributed by atoms with Crippen LogP contribution >= 0.6 is 0 Å². The summed E-state index contributed by atoms with van der Waals surface area (Å²) >= 11 is 0. The van der Waals surface area contributed by atoms with E-state index in [2.05, 4.69) is 42.0 Å². The van der Waals surface area contributed by atoms with Gasteiger partial charge < -0.3 is 9.88 Å². The number of aromatic nitrogens is 2. The highest BCUT2D eigenvalue weighted by atomic mass is 15.0. The molecule has 120 valence electrons. The zero-order valence-corrected chi connectivity index (χ0v) is 14.1. The van der Waals surface area contributed by atoms with E-state index in [9.17, 15) is 0 Å². The number of hydrogen-bond donors (Lipinski definition) is 1. The first-order valence-corrected chi connectivity index (χ1v) is 8.91. The standard InChI is InChI=1S/C18H33N3/c1-4-6-15-7-8-17(14-19-5-2)16(13-15)9-10-18-20-11-12-21(18)3/h11-12,15-17,19H,4-10,13-14H2,1-3H3. The Balaban J connectivity index is 1.90. The summed E-state index contributed by atoms with van der Waals surface area (Å²) in [7, 11) is 2.11. The molecule has 1 heterocycles. The molecule has 1 aromatic rings. The Bertz CT molecular complexity index is 399. The van der Waals surface area contributed by atoms with Crippen molar-refractivity contribution in [2.45, 2.75) is 58.8 Å². The maximum absolute atomic E-state index is 4.49. The number of nitrogens with zero attached hydrogens (tertiary/aromatic N) is 2. The maximum atomic E-state index is 4.49. The molecule has 21 heavy (non-hydrogen) atoms. The zero-order valence-electron chi connectivity index (χ0n) is 14.1. The van der Waals surface area contributed by atoms with Crippen molar-refractivity contribution in [1.29, 1.82) is 0 Å². The lowest BCUT2D eigenvalue weighted by molar-refractivity contribution is 0.159. The average Bonchev–Trinajstić information content (AvgIpc) is 2.90. The third kappa shape index (κ3) is 4.84. The van der Waals surface area contributed by atoms with E-state index in [0.29, 0.717) is 0 Å². The molecule has 0 radical (unpaired) electrons. The van der Waals surface area contributed by atoms with Crippen molar-refractivity contribution in [2.24, 2.45) is 24.8 Å². The molecule has 2 rings (SSSR count). The first-order valence-electron chi connectivity index (χ1n) is 8.91. The fourth-order valence-electron chi connectivity index (χ4n) is 4.00. The van der Waals surface area contributed by atoms with E-state index in [4.69, 9.17) is 0 Å². The minimum atomic E-state index is 0.873. The van der Waals surface area contributed by atoms with Gasteiger partial charge in [0.2, 0.25) is 0 Å². The molecule has 0 aliphatic heterocycles. The van der Waals surface area contributed by atoms with Crippen molar-refractivity contribution in [3.05, 3.63) is 18.2 Å². The summed E-state index contributed by atoms with van der Waals surface area (Å²) in [5.74, 6) is 3.97. The molecule has 1 aliphatic carbocycles. The van der Waals surface area contributed by atoms with Crippen LogP contribution in [0.3, 0.4) is 0 Å². The van der Waals surface area contributed by atoms with Crippen molar-refractivity contribution in [1.82, 2.24) is 14.9 Å².